The minimum atomic E-state index is -1.15. The SMILES string of the molecule is Cc1c(NC(=O)c2cc(C3CC3)c(CN[C@H](CO)C(=O)O)cn2)cccc1-c1cccc(NC(=O)c2cc(C3CC3)c(CN[C@H](CO)C(=O)O)cn2)c1C. The maximum Gasteiger partial charge on any atom is 0.323 e. The summed E-state index contributed by atoms with van der Waals surface area (Å²) in [5, 5.41) is 48.9. The minimum absolute atomic E-state index is 0.197. The molecule has 0 unspecified atom stereocenters. The van der Waals surface area contributed by atoms with E-state index in [1.807, 2.05) is 50.2 Å². The van der Waals surface area contributed by atoms with Crippen molar-refractivity contribution in [2.75, 3.05) is 23.8 Å². The predicted octanol–water partition coefficient (Wildman–Crippen LogP) is 4.09. The van der Waals surface area contributed by atoms with Crippen LogP contribution in [-0.4, -0.2) is 79.4 Å². The number of pyridine rings is 2. The molecule has 14 nitrogen and oxygen atoms in total. The second-order valence-corrected chi connectivity index (χ2v) is 13.9. The normalized spacial score (nSPS) is 15.0. The molecule has 2 aliphatic carbocycles. The Bertz CT molecular complexity index is 1930. The van der Waals surface area contributed by atoms with Gasteiger partial charge in [0.1, 0.15) is 23.5 Å². The molecule has 2 fully saturated rings. The lowest BCUT2D eigenvalue weighted by Gasteiger charge is -2.18. The Morgan fingerprint density at radius 1 is 0.667 bits per heavy atom. The molecule has 0 saturated heterocycles. The van der Waals surface area contributed by atoms with Crippen LogP contribution in [0.1, 0.15) is 91.9 Å². The molecule has 2 amide bonds. The number of carbonyl (C=O) groups excluding carboxylic acids is 2. The van der Waals surface area contributed by atoms with Crippen LogP contribution in [0, 0.1) is 13.8 Å². The molecule has 0 bridgehead atoms. The first-order valence-electron chi connectivity index (χ1n) is 17.9. The molecule has 0 spiro atoms. The molecule has 0 radical (unpaired) electrons. The Morgan fingerprint density at radius 2 is 1.06 bits per heavy atom. The number of hydrogen-bond acceptors (Lipinski definition) is 10. The molecule has 14 heteroatoms. The summed E-state index contributed by atoms with van der Waals surface area (Å²) >= 11 is 0. The zero-order chi connectivity index (χ0) is 38.5. The van der Waals surface area contributed by atoms with E-state index in [0.717, 1.165) is 70.2 Å². The number of aliphatic carboxylic acids is 2. The van der Waals surface area contributed by atoms with Crippen LogP contribution in [-0.2, 0) is 22.7 Å². The molecule has 6 rings (SSSR count). The smallest absolute Gasteiger partial charge is 0.323 e. The molecule has 4 aromatic rings. The van der Waals surface area contributed by atoms with E-state index in [4.69, 9.17) is 0 Å². The number of carboxylic acids is 2. The minimum Gasteiger partial charge on any atom is -0.480 e. The van der Waals surface area contributed by atoms with Crippen LogP contribution in [0.3, 0.4) is 0 Å². The van der Waals surface area contributed by atoms with E-state index in [9.17, 15) is 39.6 Å². The fourth-order valence-corrected chi connectivity index (χ4v) is 6.52. The number of aliphatic hydroxyl groups is 2. The summed E-state index contributed by atoms with van der Waals surface area (Å²) in [5.74, 6) is -2.54. The zero-order valence-electron chi connectivity index (χ0n) is 30.1. The van der Waals surface area contributed by atoms with E-state index in [0.29, 0.717) is 11.4 Å². The maximum atomic E-state index is 13.5. The van der Waals surface area contributed by atoms with Crippen molar-refractivity contribution >= 4 is 35.1 Å². The number of aliphatic hydroxyl groups excluding tert-OH is 2. The highest BCUT2D eigenvalue weighted by molar-refractivity contribution is 6.05. The predicted molar refractivity (Wildman–Crippen MR) is 200 cm³/mol. The molecule has 2 atom stereocenters. The van der Waals surface area contributed by atoms with Crippen LogP contribution >= 0.6 is 0 Å². The van der Waals surface area contributed by atoms with E-state index < -0.39 is 37.2 Å². The third-order valence-electron chi connectivity index (χ3n) is 10.0. The summed E-state index contributed by atoms with van der Waals surface area (Å²) in [6.07, 6.45) is 7.02. The van der Waals surface area contributed by atoms with Crippen LogP contribution in [0.2, 0.25) is 0 Å². The number of benzene rings is 2. The first kappa shape index (κ1) is 38.2. The van der Waals surface area contributed by atoms with Crippen LogP contribution in [0.25, 0.3) is 11.1 Å². The molecular formula is C40H44N6O8. The van der Waals surface area contributed by atoms with Crippen molar-refractivity contribution in [3.63, 3.8) is 0 Å². The van der Waals surface area contributed by atoms with Crippen LogP contribution in [0.5, 0.6) is 0 Å². The molecule has 2 saturated carbocycles. The van der Waals surface area contributed by atoms with Crippen molar-refractivity contribution in [2.45, 2.75) is 76.5 Å². The Labute approximate surface area is 312 Å². The Morgan fingerprint density at radius 3 is 1.39 bits per heavy atom. The first-order chi connectivity index (χ1) is 26.0. The summed E-state index contributed by atoms with van der Waals surface area (Å²) in [7, 11) is 0. The fourth-order valence-electron chi connectivity index (χ4n) is 6.52. The molecule has 2 aromatic heterocycles. The molecule has 2 heterocycles. The van der Waals surface area contributed by atoms with E-state index in [2.05, 4.69) is 31.2 Å². The van der Waals surface area contributed by atoms with E-state index >= 15 is 0 Å². The molecule has 282 valence electrons. The van der Waals surface area contributed by atoms with Gasteiger partial charge in [-0.3, -0.25) is 39.8 Å². The Hall–Kier alpha value is -5.54. The zero-order valence-corrected chi connectivity index (χ0v) is 30.1. The number of aromatic nitrogens is 2. The number of anilines is 2. The van der Waals surface area contributed by atoms with Gasteiger partial charge in [0.05, 0.1) is 13.2 Å². The van der Waals surface area contributed by atoms with Gasteiger partial charge in [0, 0.05) is 36.9 Å². The van der Waals surface area contributed by atoms with Gasteiger partial charge in [-0.25, -0.2) is 0 Å². The summed E-state index contributed by atoms with van der Waals surface area (Å²) in [4.78, 5) is 58.5. The third kappa shape index (κ3) is 8.80. The lowest BCUT2D eigenvalue weighted by Crippen LogP contribution is -2.39. The van der Waals surface area contributed by atoms with Crippen molar-refractivity contribution in [1.29, 1.82) is 0 Å². The number of amides is 2. The fraction of sp³-hybridized carbons (Fsp3) is 0.350. The third-order valence-corrected chi connectivity index (χ3v) is 10.0. The van der Waals surface area contributed by atoms with Crippen LogP contribution in [0.4, 0.5) is 11.4 Å². The van der Waals surface area contributed by atoms with Crippen molar-refractivity contribution < 1.29 is 39.6 Å². The monoisotopic (exact) mass is 736 g/mol. The number of rotatable bonds is 17. The van der Waals surface area contributed by atoms with Gasteiger partial charge in [0.2, 0.25) is 0 Å². The highest BCUT2D eigenvalue weighted by Crippen LogP contribution is 2.43. The van der Waals surface area contributed by atoms with Crippen molar-refractivity contribution in [3.05, 3.63) is 106 Å². The average Bonchev–Trinajstić information content (AvgIpc) is 4.09. The topological polar surface area (TPSA) is 223 Å². The maximum absolute atomic E-state index is 13.5. The second-order valence-electron chi connectivity index (χ2n) is 13.9. The Balaban J connectivity index is 1.17. The van der Waals surface area contributed by atoms with E-state index in [-0.39, 0.29) is 48.1 Å². The van der Waals surface area contributed by atoms with Gasteiger partial charge in [0.15, 0.2) is 0 Å². The molecule has 2 aromatic carbocycles. The number of carboxylic acid groups (broad SMARTS) is 2. The van der Waals surface area contributed by atoms with Crippen LogP contribution in [0.15, 0.2) is 60.9 Å². The highest BCUT2D eigenvalue weighted by Gasteiger charge is 2.30. The van der Waals surface area contributed by atoms with Gasteiger partial charge in [0.25, 0.3) is 11.8 Å². The number of carbonyl (C=O) groups is 4. The standard InChI is InChI=1S/C40H44N6O8/c1-21-27(5-3-7-31(21)45-37(49)33-13-29(23-9-10-23)25(15-41-33)17-43-35(19-47)39(51)52)28-6-4-8-32(22(28)2)46-38(50)34-14-30(24-11-12-24)26(16-42-34)18-44-36(20-48)40(53)54/h3-8,13-16,23-24,35-36,43-44,47-48H,9-12,17-20H2,1-2H3,(H,45,49)(H,46,50)(H,51,52)(H,53,54)/t35-,36-/m1/s1. The summed E-state index contributed by atoms with van der Waals surface area (Å²) in [5.41, 5.74) is 8.46. The molecule has 54 heavy (non-hydrogen) atoms. The quantitative estimate of drug-likeness (QED) is 0.0768. The van der Waals surface area contributed by atoms with Crippen LogP contribution < -0.4 is 21.3 Å². The largest absolute Gasteiger partial charge is 0.480 e. The molecule has 0 aliphatic heterocycles. The van der Waals surface area contributed by atoms with Gasteiger partial charge in [-0.2, -0.15) is 0 Å². The van der Waals surface area contributed by atoms with E-state index in [1.165, 1.54) is 0 Å². The van der Waals surface area contributed by atoms with Gasteiger partial charge in [-0.15, -0.1) is 0 Å². The number of nitrogens with one attached hydrogen (secondary N) is 4. The number of nitrogens with zero attached hydrogens (tertiary/aromatic N) is 2. The van der Waals surface area contributed by atoms with Gasteiger partial charge in [-0.1, -0.05) is 24.3 Å². The lowest BCUT2D eigenvalue weighted by molar-refractivity contribution is -0.141. The van der Waals surface area contributed by atoms with Crippen molar-refractivity contribution in [2.24, 2.45) is 0 Å². The number of hydrogen-bond donors (Lipinski definition) is 8. The average molecular weight is 737 g/mol. The molecular weight excluding hydrogens is 692 g/mol. The van der Waals surface area contributed by atoms with Gasteiger partial charge < -0.3 is 31.1 Å². The van der Waals surface area contributed by atoms with Crippen molar-refractivity contribution in [3.8, 4) is 11.1 Å². The Kier molecular flexibility index (Phi) is 11.8. The molecule has 2 aliphatic rings. The summed E-state index contributed by atoms with van der Waals surface area (Å²) in [6.45, 7) is 3.13. The summed E-state index contributed by atoms with van der Waals surface area (Å²) < 4.78 is 0. The summed E-state index contributed by atoms with van der Waals surface area (Å²) in [6, 6.07) is 12.5. The molecule has 8 N–H and O–H groups in total. The lowest BCUT2D eigenvalue weighted by atomic mass is 9.94. The van der Waals surface area contributed by atoms with Gasteiger partial charge in [-0.05, 0) is 120 Å². The first-order valence-corrected chi connectivity index (χ1v) is 17.9. The highest BCUT2D eigenvalue weighted by atomic mass is 16.4. The second kappa shape index (κ2) is 16.6. The van der Waals surface area contributed by atoms with Gasteiger partial charge >= 0.3 is 11.9 Å². The van der Waals surface area contributed by atoms with E-state index in [1.54, 1.807) is 24.5 Å². The van der Waals surface area contributed by atoms with Crippen molar-refractivity contribution in [1.82, 2.24) is 20.6 Å².